The van der Waals surface area contributed by atoms with Gasteiger partial charge in [-0.1, -0.05) is 36.4 Å². The van der Waals surface area contributed by atoms with Gasteiger partial charge in [0, 0.05) is 12.2 Å². The highest BCUT2D eigenvalue weighted by Gasteiger charge is 2.30. The van der Waals surface area contributed by atoms with E-state index in [-0.39, 0.29) is 12.4 Å². The van der Waals surface area contributed by atoms with Gasteiger partial charge < -0.3 is 14.7 Å². The van der Waals surface area contributed by atoms with Crippen molar-refractivity contribution in [2.45, 2.75) is 12.7 Å². The second-order valence-corrected chi connectivity index (χ2v) is 5.02. The van der Waals surface area contributed by atoms with Gasteiger partial charge in [-0.25, -0.2) is 0 Å². The molecule has 0 heterocycles. The Kier molecular flexibility index (Phi) is 5.96. The Bertz CT molecular complexity index is 559. The number of halogens is 1. The second-order valence-electron chi connectivity index (χ2n) is 5.02. The number of rotatable bonds is 5. The van der Waals surface area contributed by atoms with Crippen molar-refractivity contribution in [1.29, 1.82) is 0 Å². The van der Waals surface area contributed by atoms with Gasteiger partial charge in [0.2, 0.25) is 5.79 Å². The Balaban J connectivity index is 0.00000200. The molecule has 2 aromatic rings. The predicted octanol–water partition coefficient (Wildman–Crippen LogP) is 3.00. The first-order valence-electron chi connectivity index (χ1n) is 6.55. The molecule has 1 unspecified atom stereocenters. The second kappa shape index (κ2) is 7.04. The fourth-order valence-electron chi connectivity index (χ4n) is 2.32. The molecule has 2 rings (SSSR count). The minimum Gasteiger partial charge on any atom is -0.361 e. The summed E-state index contributed by atoms with van der Waals surface area (Å²) in [5.41, 5.74) is 0.793. The SMILES string of the molecule is CCOC(O)(CN(C)C)c1ccc2ccccc2c1.Cl. The number of ether oxygens (including phenoxy) is 1. The molecular weight excluding hydrogens is 274 g/mol. The lowest BCUT2D eigenvalue weighted by molar-refractivity contribution is -0.216. The topological polar surface area (TPSA) is 32.7 Å². The summed E-state index contributed by atoms with van der Waals surface area (Å²) in [5.74, 6) is -1.26. The van der Waals surface area contributed by atoms with Crippen LogP contribution >= 0.6 is 12.4 Å². The average Bonchev–Trinajstić information content (AvgIpc) is 2.37. The third kappa shape index (κ3) is 3.70. The predicted molar refractivity (Wildman–Crippen MR) is 85.3 cm³/mol. The van der Waals surface area contributed by atoms with Crippen LogP contribution in [0.2, 0.25) is 0 Å². The van der Waals surface area contributed by atoms with Crippen molar-refractivity contribution in [1.82, 2.24) is 4.90 Å². The zero-order chi connectivity index (χ0) is 13.9. The van der Waals surface area contributed by atoms with Gasteiger partial charge in [0.15, 0.2) is 0 Å². The zero-order valence-corrected chi connectivity index (χ0v) is 13.0. The maximum atomic E-state index is 10.7. The molecule has 0 saturated heterocycles. The standard InChI is InChI=1S/C16H21NO2.ClH/c1-4-19-16(18,12-17(2)3)15-10-9-13-7-5-6-8-14(13)11-15;/h5-11,18H,4,12H2,1-3H3;1H. The molecule has 1 atom stereocenters. The van der Waals surface area contributed by atoms with Gasteiger partial charge in [-0.3, -0.25) is 0 Å². The van der Waals surface area contributed by atoms with Crippen LogP contribution in [0.25, 0.3) is 10.8 Å². The molecule has 110 valence electrons. The number of nitrogens with zero attached hydrogens (tertiary/aromatic N) is 1. The molecule has 0 saturated carbocycles. The van der Waals surface area contributed by atoms with E-state index >= 15 is 0 Å². The summed E-state index contributed by atoms with van der Waals surface area (Å²) >= 11 is 0. The number of aliphatic hydroxyl groups is 1. The van der Waals surface area contributed by atoms with Gasteiger partial charge in [-0.05, 0) is 37.9 Å². The third-order valence-electron chi connectivity index (χ3n) is 3.11. The molecule has 2 aromatic carbocycles. The monoisotopic (exact) mass is 295 g/mol. The van der Waals surface area contributed by atoms with Gasteiger partial charge >= 0.3 is 0 Å². The highest BCUT2D eigenvalue weighted by Crippen LogP contribution is 2.27. The molecule has 0 spiro atoms. The quantitative estimate of drug-likeness (QED) is 0.861. The van der Waals surface area contributed by atoms with Crippen LogP contribution in [-0.2, 0) is 10.5 Å². The van der Waals surface area contributed by atoms with E-state index in [0.29, 0.717) is 13.2 Å². The van der Waals surface area contributed by atoms with Crippen LogP contribution in [0.3, 0.4) is 0 Å². The van der Waals surface area contributed by atoms with E-state index in [0.717, 1.165) is 16.3 Å². The molecule has 0 fully saturated rings. The molecule has 0 aliphatic heterocycles. The van der Waals surface area contributed by atoms with Gasteiger partial charge in [-0.15, -0.1) is 12.4 Å². The van der Waals surface area contributed by atoms with Crippen molar-refractivity contribution in [2.75, 3.05) is 27.2 Å². The first-order chi connectivity index (χ1) is 9.05. The smallest absolute Gasteiger partial charge is 0.205 e. The Labute approximate surface area is 126 Å². The summed E-state index contributed by atoms with van der Waals surface area (Å²) in [6, 6.07) is 14.1. The van der Waals surface area contributed by atoms with Crippen LogP contribution in [0.15, 0.2) is 42.5 Å². The molecule has 3 nitrogen and oxygen atoms in total. The van der Waals surface area contributed by atoms with E-state index in [4.69, 9.17) is 4.74 Å². The maximum Gasteiger partial charge on any atom is 0.205 e. The Hall–Kier alpha value is -1.13. The molecular formula is C16H22ClNO2. The van der Waals surface area contributed by atoms with Crippen molar-refractivity contribution in [3.8, 4) is 0 Å². The Morgan fingerprint density at radius 3 is 2.35 bits per heavy atom. The fraction of sp³-hybridized carbons (Fsp3) is 0.375. The summed E-state index contributed by atoms with van der Waals surface area (Å²) < 4.78 is 5.59. The van der Waals surface area contributed by atoms with Crippen LogP contribution in [0.4, 0.5) is 0 Å². The van der Waals surface area contributed by atoms with Gasteiger partial charge in [0.05, 0.1) is 6.54 Å². The van der Waals surface area contributed by atoms with Gasteiger partial charge in [0.25, 0.3) is 0 Å². The summed E-state index contributed by atoms with van der Waals surface area (Å²) in [6.45, 7) is 2.79. The normalized spacial score (nSPS) is 14.1. The highest BCUT2D eigenvalue weighted by atomic mass is 35.5. The highest BCUT2D eigenvalue weighted by molar-refractivity contribution is 5.85. The van der Waals surface area contributed by atoms with Gasteiger partial charge in [-0.2, -0.15) is 0 Å². The number of fused-ring (bicyclic) bond motifs is 1. The first kappa shape index (κ1) is 16.9. The number of hydrogen-bond donors (Lipinski definition) is 1. The van der Waals surface area contributed by atoms with Crippen molar-refractivity contribution in [3.63, 3.8) is 0 Å². The molecule has 0 aromatic heterocycles. The van der Waals surface area contributed by atoms with Gasteiger partial charge in [0.1, 0.15) is 0 Å². The molecule has 0 radical (unpaired) electrons. The number of likely N-dealkylation sites (N-methyl/N-ethyl adjacent to an activating group) is 1. The van der Waals surface area contributed by atoms with Crippen LogP contribution in [0.1, 0.15) is 12.5 Å². The average molecular weight is 296 g/mol. The van der Waals surface area contributed by atoms with Crippen molar-refractivity contribution < 1.29 is 9.84 Å². The molecule has 20 heavy (non-hydrogen) atoms. The van der Waals surface area contributed by atoms with Crippen molar-refractivity contribution in [2.24, 2.45) is 0 Å². The van der Waals surface area contributed by atoms with Crippen LogP contribution in [-0.4, -0.2) is 37.3 Å². The molecule has 0 amide bonds. The third-order valence-corrected chi connectivity index (χ3v) is 3.11. The van der Waals surface area contributed by atoms with Crippen LogP contribution < -0.4 is 0 Å². The number of benzene rings is 2. The van der Waals surface area contributed by atoms with Crippen molar-refractivity contribution >= 4 is 23.2 Å². The molecule has 0 aliphatic rings. The Morgan fingerprint density at radius 1 is 1.10 bits per heavy atom. The molecule has 4 heteroatoms. The van der Waals surface area contributed by atoms with E-state index in [2.05, 4.69) is 6.07 Å². The van der Waals surface area contributed by atoms with E-state index in [1.165, 1.54) is 0 Å². The van der Waals surface area contributed by atoms with Crippen LogP contribution in [0.5, 0.6) is 0 Å². The van der Waals surface area contributed by atoms with E-state index in [1.54, 1.807) is 0 Å². The van der Waals surface area contributed by atoms with Crippen molar-refractivity contribution in [3.05, 3.63) is 48.0 Å². The summed E-state index contributed by atoms with van der Waals surface area (Å²) in [5, 5.41) is 13.0. The molecule has 0 aliphatic carbocycles. The van der Waals surface area contributed by atoms with E-state index < -0.39 is 5.79 Å². The van der Waals surface area contributed by atoms with E-state index in [9.17, 15) is 5.11 Å². The maximum absolute atomic E-state index is 10.7. The largest absolute Gasteiger partial charge is 0.361 e. The lowest BCUT2D eigenvalue weighted by Gasteiger charge is -2.31. The minimum absolute atomic E-state index is 0. The Morgan fingerprint density at radius 2 is 1.75 bits per heavy atom. The fourth-order valence-corrected chi connectivity index (χ4v) is 2.32. The lowest BCUT2D eigenvalue weighted by Crippen LogP contribution is -2.40. The molecule has 1 N–H and O–H groups in total. The lowest BCUT2D eigenvalue weighted by atomic mass is 10.0. The minimum atomic E-state index is -1.26. The summed E-state index contributed by atoms with van der Waals surface area (Å²) in [4.78, 5) is 1.92. The zero-order valence-electron chi connectivity index (χ0n) is 12.2. The molecule has 0 bridgehead atoms. The number of hydrogen-bond acceptors (Lipinski definition) is 3. The van der Waals surface area contributed by atoms with Crippen LogP contribution in [0, 0.1) is 0 Å². The summed E-state index contributed by atoms with van der Waals surface area (Å²) in [7, 11) is 3.84. The first-order valence-corrected chi connectivity index (χ1v) is 6.55. The summed E-state index contributed by atoms with van der Waals surface area (Å²) in [6.07, 6.45) is 0. The van der Waals surface area contributed by atoms with E-state index in [1.807, 2.05) is 62.3 Å².